The predicted molar refractivity (Wildman–Crippen MR) is 111 cm³/mol. The number of imide groups is 1. The molecule has 2 aromatic carbocycles. The molecule has 0 saturated carbocycles. The summed E-state index contributed by atoms with van der Waals surface area (Å²) in [7, 11) is 0. The van der Waals surface area contributed by atoms with Gasteiger partial charge in [0.05, 0.1) is 17.2 Å². The van der Waals surface area contributed by atoms with Gasteiger partial charge in [0.25, 0.3) is 11.8 Å². The van der Waals surface area contributed by atoms with Gasteiger partial charge in [-0.15, -0.1) is 0 Å². The average molecular weight is 441 g/mol. The molecule has 31 heavy (non-hydrogen) atoms. The summed E-state index contributed by atoms with van der Waals surface area (Å²) in [5.41, 5.74) is 1.89. The smallest absolute Gasteiger partial charge is 0.267 e. The van der Waals surface area contributed by atoms with E-state index in [2.05, 4.69) is 4.98 Å². The number of carbonyl (C=O) groups is 2. The normalized spacial score (nSPS) is 17.5. The number of benzene rings is 2. The molecule has 1 atom stereocenters. The summed E-state index contributed by atoms with van der Waals surface area (Å²) in [6.45, 7) is 1.97. The Morgan fingerprint density at radius 2 is 2.03 bits per heavy atom. The van der Waals surface area contributed by atoms with Gasteiger partial charge in [0.2, 0.25) is 0 Å². The molecule has 0 fully saturated rings. The van der Waals surface area contributed by atoms with Gasteiger partial charge < -0.3 is 9.72 Å². The van der Waals surface area contributed by atoms with Crippen molar-refractivity contribution in [2.24, 2.45) is 0 Å². The molecular weight excluding hydrogens is 424 g/mol. The van der Waals surface area contributed by atoms with E-state index in [0.717, 1.165) is 16.5 Å². The maximum atomic E-state index is 14.0. The van der Waals surface area contributed by atoms with Crippen LogP contribution >= 0.6 is 12.2 Å². The standard InChI is InChI=1S/C22H17F2N3O3S/c1-2-11-4-3-5-15-18(11)21(29)27(20(15)28)17-9-25-22(31)26(17)14-7-12-6-13(23)8-16(24)19(12)30-10-14/h3-6,8-9,14H,2,7,10H2,1H3,(H,25,31)/t14-/m0/s1. The molecule has 2 aliphatic rings. The van der Waals surface area contributed by atoms with Gasteiger partial charge in [-0.3, -0.25) is 14.2 Å². The number of aryl methyl sites for hydroxylation is 1. The van der Waals surface area contributed by atoms with Crippen LogP contribution in [0.25, 0.3) is 0 Å². The van der Waals surface area contributed by atoms with Crippen molar-refractivity contribution in [1.82, 2.24) is 9.55 Å². The van der Waals surface area contributed by atoms with Crippen LogP contribution < -0.4 is 9.64 Å². The Balaban J connectivity index is 1.57. The van der Waals surface area contributed by atoms with Crippen molar-refractivity contribution < 1.29 is 23.1 Å². The molecule has 9 heteroatoms. The van der Waals surface area contributed by atoms with Gasteiger partial charge in [0.1, 0.15) is 18.2 Å². The summed E-state index contributed by atoms with van der Waals surface area (Å²) in [4.78, 5) is 30.3. The van der Waals surface area contributed by atoms with Gasteiger partial charge >= 0.3 is 0 Å². The van der Waals surface area contributed by atoms with Gasteiger partial charge in [-0.25, -0.2) is 13.7 Å². The first-order valence-corrected chi connectivity index (χ1v) is 10.2. The molecule has 3 heterocycles. The largest absolute Gasteiger partial charge is 0.488 e. The lowest BCUT2D eigenvalue weighted by molar-refractivity contribution is 0.0922. The maximum Gasteiger partial charge on any atom is 0.267 e. The number of ether oxygens (including phenoxy) is 1. The number of hydrogen-bond acceptors (Lipinski definition) is 4. The molecule has 2 amide bonds. The zero-order valence-corrected chi connectivity index (χ0v) is 17.3. The van der Waals surface area contributed by atoms with Crippen molar-refractivity contribution in [1.29, 1.82) is 0 Å². The number of aromatic nitrogens is 2. The summed E-state index contributed by atoms with van der Waals surface area (Å²) < 4.78 is 35.2. The lowest BCUT2D eigenvalue weighted by atomic mass is 10.0. The molecule has 0 saturated heterocycles. The highest BCUT2D eigenvalue weighted by Crippen LogP contribution is 2.37. The van der Waals surface area contributed by atoms with E-state index in [0.29, 0.717) is 23.1 Å². The fourth-order valence-corrected chi connectivity index (χ4v) is 4.64. The molecule has 6 nitrogen and oxygen atoms in total. The van der Waals surface area contributed by atoms with Crippen LogP contribution in [0, 0.1) is 16.4 Å². The van der Waals surface area contributed by atoms with Crippen LogP contribution in [-0.2, 0) is 12.8 Å². The Labute approximate surface area is 181 Å². The summed E-state index contributed by atoms with van der Waals surface area (Å²) in [5, 5.41) is 0. The minimum absolute atomic E-state index is 0.00886. The fraction of sp³-hybridized carbons (Fsp3) is 0.227. The van der Waals surface area contributed by atoms with Crippen LogP contribution in [0.3, 0.4) is 0 Å². The highest BCUT2D eigenvalue weighted by atomic mass is 32.1. The minimum Gasteiger partial charge on any atom is -0.488 e. The van der Waals surface area contributed by atoms with Crippen molar-refractivity contribution in [2.45, 2.75) is 25.8 Å². The predicted octanol–water partition coefficient (Wildman–Crippen LogP) is 4.36. The van der Waals surface area contributed by atoms with E-state index in [-0.39, 0.29) is 29.4 Å². The summed E-state index contributed by atoms with van der Waals surface area (Å²) in [6.07, 6.45) is 2.34. The highest BCUT2D eigenvalue weighted by Gasteiger charge is 2.40. The van der Waals surface area contributed by atoms with Crippen LogP contribution in [0.2, 0.25) is 0 Å². The number of fused-ring (bicyclic) bond motifs is 2. The average Bonchev–Trinajstić information content (AvgIpc) is 3.24. The van der Waals surface area contributed by atoms with Gasteiger partial charge in [0, 0.05) is 24.2 Å². The van der Waals surface area contributed by atoms with Crippen LogP contribution in [-0.4, -0.2) is 28.0 Å². The number of nitrogens with one attached hydrogen (secondary N) is 1. The third-order valence-corrected chi connectivity index (χ3v) is 6.04. The van der Waals surface area contributed by atoms with Gasteiger partial charge in [-0.2, -0.15) is 0 Å². The molecule has 2 aliphatic heterocycles. The van der Waals surface area contributed by atoms with E-state index >= 15 is 0 Å². The van der Waals surface area contributed by atoms with Crippen LogP contribution in [0.4, 0.5) is 14.6 Å². The van der Waals surface area contributed by atoms with Gasteiger partial charge in [0.15, 0.2) is 16.3 Å². The molecule has 1 N–H and O–H groups in total. The summed E-state index contributed by atoms with van der Waals surface area (Å²) in [5.74, 6) is -2.05. The van der Waals surface area contributed by atoms with Crippen molar-refractivity contribution in [3.8, 4) is 5.75 Å². The lowest BCUT2D eigenvalue weighted by Gasteiger charge is -2.29. The van der Waals surface area contributed by atoms with Crippen LogP contribution in [0.5, 0.6) is 5.75 Å². The second-order valence-corrected chi connectivity index (χ2v) is 7.89. The lowest BCUT2D eigenvalue weighted by Crippen LogP contribution is -2.34. The number of rotatable bonds is 3. The molecule has 3 aromatic rings. The van der Waals surface area contributed by atoms with Crippen molar-refractivity contribution in [3.05, 3.63) is 75.2 Å². The first kappa shape index (κ1) is 19.6. The number of carbonyl (C=O) groups excluding carboxylic acids is 2. The fourth-order valence-electron chi connectivity index (χ4n) is 4.34. The monoisotopic (exact) mass is 441 g/mol. The number of anilines is 1. The molecule has 158 valence electrons. The molecule has 0 spiro atoms. The minimum atomic E-state index is -0.765. The highest BCUT2D eigenvalue weighted by molar-refractivity contribution is 7.71. The number of halogens is 2. The SMILES string of the molecule is CCc1cccc2c1C(=O)N(c1c[nH]c(=S)n1[C@@H]1COc3c(F)cc(F)cc3C1)C2=O. The van der Waals surface area contributed by atoms with E-state index in [1.165, 1.54) is 12.3 Å². The Morgan fingerprint density at radius 3 is 2.81 bits per heavy atom. The second-order valence-electron chi connectivity index (χ2n) is 7.51. The third-order valence-electron chi connectivity index (χ3n) is 5.73. The molecule has 0 unspecified atom stereocenters. The number of imidazole rings is 1. The van der Waals surface area contributed by atoms with Crippen molar-refractivity contribution >= 4 is 29.9 Å². The zero-order valence-electron chi connectivity index (χ0n) is 16.4. The third kappa shape index (κ3) is 2.91. The molecule has 5 rings (SSSR count). The Morgan fingerprint density at radius 1 is 1.23 bits per heavy atom. The van der Waals surface area contributed by atoms with Crippen molar-refractivity contribution in [2.75, 3.05) is 11.5 Å². The Bertz CT molecular complexity index is 1310. The Hall–Kier alpha value is -3.33. The maximum absolute atomic E-state index is 14.0. The topological polar surface area (TPSA) is 67.3 Å². The zero-order chi connectivity index (χ0) is 21.9. The molecule has 0 aliphatic carbocycles. The summed E-state index contributed by atoms with van der Waals surface area (Å²) >= 11 is 5.41. The molecule has 1 aromatic heterocycles. The Kier molecular flexibility index (Phi) is 4.51. The second kappa shape index (κ2) is 7.12. The van der Waals surface area contributed by atoms with Gasteiger partial charge in [-0.05, 0) is 36.3 Å². The van der Waals surface area contributed by atoms with Crippen molar-refractivity contribution in [3.63, 3.8) is 0 Å². The van der Waals surface area contributed by atoms with E-state index in [4.69, 9.17) is 17.0 Å². The number of hydrogen-bond donors (Lipinski definition) is 1. The number of amides is 2. The first-order chi connectivity index (χ1) is 14.9. The van der Waals surface area contributed by atoms with Crippen LogP contribution in [0.15, 0.2) is 36.5 Å². The van der Waals surface area contributed by atoms with E-state index in [9.17, 15) is 18.4 Å². The molecule has 0 radical (unpaired) electrons. The summed E-state index contributed by atoms with van der Waals surface area (Å²) in [6, 6.07) is 6.74. The molecule has 0 bridgehead atoms. The number of H-pyrrole nitrogens is 1. The van der Waals surface area contributed by atoms with E-state index in [1.54, 1.807) is 16.7 Å². The van der Waals surface area contributed by atoms with Crippen LogP contribution in [0.1, 0.15) is 44.8 Å². The first-order valence-electron chi connectivity index (χ1n) is 9.82. The van der Waals surface area contributed by atoms with Gasteiger partial charge in [-0.1, -0.05) is 19.1 Å². The van der Waals surface area contributed by atoms with E-state index < -0.39 is 29.5 Å². The number of aromatic amines is 1. The number of nitrogens with zero attached hydrogens (tertiary/aromatic N) is 2. The van der Waals surface area contributed by atoms with E-state index in [1.807, 2.05) is 13.0 Å². The quantitative estimate of drug-likeness (QED) is 0.484. The molecular formula is C22H17F2N3O3S.